The lowest BCUT2D eigenvalue weighted by Gasteiger charge is -2.39. The zero-order valence-electron chi connectivity index (χ0n) is 10.2. The first kappa shape index (κ1) is 13.0. The molecule has 0 aromatic rings. The number of carboxylic acid groups (broad SMARTS) is 1. The van der Waals surface area contributed by atoms with Crippen LogP contribution in [0, 0.1) is 10.8 Å². The van der Waals surface area contributed by atoms with E-state index in [4.69, 9.17) is 9.84 Å². The molecule has 0 aromatic heterocycles. The average molecular weight is 229 g/mol. The van der Waals surface area contributed by atoms with Crippen LogP contribution in [0.15, 0.2) is 0 Å². The smallest absolute Gasteiger partial charge is 0.324 e. The summed E-state index contributed by atoms with van der Waals surface area (Å²) in [4.78, 5) is 24.6. The Labute approximate surface area is 95.4 Å². The Bertz CT molecular complexity index is 302. The number of nitrogens with zero attached hydrogens (tertiary/aromatic N) is 1. The van der Waals surface area contributed by atoms with Gasteiger partial charge < -0.3 is 14.7 Å². The van der Waals surface area contributed by atoms with E-state index in [0.29, 0.717) is 6.54 Å². The summed E-state index contributed by atoms with van der Waals surface area (Å²) < 4.78 is 4.87. The van der Waals surface area contributed by atoms with Gasteiger partial charge in [0.1, 0.15) is 0 Å². The molecule has 5 heteroatoms. The van der Waals surface area contributed by atoms with E-state index in [1.54, 1.807) is 7.05 Å². The molecule has 0 aliphatic carbocycles. The van der Waals surface area contributed by atoms with Crippen molar-refractivity contribution in [3.8, 4) is 0 Å². The molecule has 0 atom stereocenters. The molecule has 1 fully saturated rings. The molecule has 1 aliphatic rings. The van der Waals surface area contributed by atoms with E-state index in [-0.39, 0.29) is 24.5 Å². The molecular formula is C11H19NO4. The SMILES string of the molecule is CN(CC(C)(C)C)C(=O)C1(C(=O)O)COC1. The van der Waals surface area contributed by atoms with Gasteiger partial charge in [-0.05, 0) is 5.41 Å². The summed E-state index contributed by atoms with van der Waals surface area (Å²) in [5.74, 6) is -1.45. The van der Waals surface area contributed by atoms with Crippen LogP contribution in [0.25, 0.3) is 0 Å². The zero-order valence-corrected chi connectivity index (χ0v) is 10.2. The van der Waals surface area contributed by atoms with Gasteiger partial charge in [0.15, 0.2) is 5.41 Å². The van der Waals surface area contributed by atoms with Crippen molar-refractivity contribution < 1.29 is 19.4 Å². The number of carbonyl (C=O) groups excluding carboxylic acids is 1. The summed E-state index contributed by atoms with van der Waals surface area (Å²) in [5, 5.41) is 9.07. The number of hydrogen-bond donors (Lipinski definition) is 1. The summed E-state index contributed by atoms with van der Waals surface area (Å²) in [6.45, 7) is 6.50. The van der Waals surface area contributed by atoms with Gasteiger partial charge in [0.25, 0.3) is 0 Å². The molecule has 0 bridgehead atoms. The number of ether oxygens (including phenoxy) is 1. The quantitative estimate of drug-likeness (QED) is 0.719. The molecule has 1 N–H and O–H groups in total. The Hall–Kier alpha value is -1.10. The van der Waals surface area contributed by atoms with Crippen LogP contribution >= 0.6 is 0 Å². The van der Waals surface area contributed by atoms with Crippen LogP contribution < -0.4 is 0 Å². The largest absolute Gasteiger partial charge is 0.480 e. The van der Waals surface area contributed by atoms with Crippen LogP contribution in [-0.2, 0) is 14.3 Å². The lowest BCUT2D eigenvalue weighted by atomic mass is 9.83. The highest BCUT2D eigenvalue weighted by molar-refractivity contribution is 6.03. The van der Waals surface area contributed by atoms with Crippen LogP contribution in [0.1, 0.15) is 20.8 Å². The highest BCUT2D eigenvalue weighted by Crippen LogP contribution is 2.31. The van der Waals surface area contributed by atoms with Gasteiger partial charge >= 0.3 is 5.97 Å². The molecular weight excluding hydrogens is 210 g/mol. The maximum Gasteiger partial charge on any atom is 0.324 e. The maximum atomic E-state index is 12.0. The summed E-state index contributed by atoms with van der Waals surface area (Å²) in [5.41, 5.74) is -1.39. The molecule has 0 radical (unpaired) electrons. The lowest BCUT2D eigenvalue weighted by Crippen LogP contribution is -2.59. The highest BCUT2D eigenvalue weighted by atomic mass is 16.5. The number of hydrogen-bond acceptors (Lipinski definition) is 3. The summed E-state index contributed by atoms with van der Waals surface area (Å²) >= 11 is 0. The lowest BCUT2D eigenvalue weighted by molar-refractivity contribution is -0.191. The first-order chi connectivity index (χ1) is 7.19. The van der Waals surface area contributed by atoms with Crippen molar-refractivity contribution >= 4 is 11.9 Å². The van der Waals surface area contributed by atoms with Crippen LogP contribution in [0.5, 0.6) is 0 Å². The molecule has 1 aliphatic heterocycles. The molecule has 0 spiro atoms. The minimum absolute atomic E-state index is 0.0182. The third kappa shape index (κ3) is 2.35. The summed E-state index contributed by atoms with van der Waals surface area (Å²) in [7, 11) is 1.64. The fourth-order valence-electron chi connectivity index (χ4n) is 1.79. The van der Waals surface area contributed by atoms with Crippen molar-refractivity contribution in [1.29, 1.82) is 0 Å². The van der Waals surface area contributed by atoms with Crippen LogP contribution in [0.3, 0.4) is 0 Å². The van der Waals surface area contributed by atoms with Gasteiger partial charge in [0.2, 0.25) is 5.91 Å². The Morgan fingerprint density at radius 2 is 1.88 bits per heavy atom. The normalized spacial score (nSPS) is 18.8. The molecule has 5 nitrogen and oxygen atoms in total. The van der Waals surface area contributed by atoms with Crippen molar-refractivity contribution in [3.63, 3.8) is 0 Å². The molecule has 1 rings (SSSR count). The van der Waals surface area contributed by atoms with Gasteiger partial charge in [-0.25, -0.2) is 0 Å². The molecule has 1 heterocycles. The number of rotatable bonds is 3. The highest BCUT2D eigenvalue weighted by Gasteiger charge is 2.54. The van der Waals surface area contributed by atoms with E-state index >= 15 is 0 Å². The molecule has 1 amide bonds. The Balaban J connectivity index is 2.73. The van der Waals surface area contributed by atoms with E-state index < -0.39 is 11.4 Å². The van der Waals surface area contributed by atoms with Crippen LogP contribution in [0.4, 0.5) is 0 Å². The minimum atomic E-state index is -1.35. The van der Waals surface area contributed by atoms with E-state index in [2.05, 4.69) is 0 Å². The number of amides is 1. The van der Waals surface area contributed by atoms with Crippen molar-refractivity contribution in [3.05, 3.63) is 0 Å². The Morgan fingerprint density at radius 1 is 1.38 bits per heavy atom. The topological polar surface area (TPSA) is 66.8 Å². The van der Waals surface area contributed by atoms with Crippen molar-refractivity contribution in [2.75, 3.05) is 26.8 Å². The summed E-state index contributed by atoms with van der Waals surface area (Å²) in [6, 6.07) is 0. The van der Waals surface area contributed by atoms with Gasteiger partial charge in [-0.15, -0.1) is 0 Å². The predicted octanol–water partition coefficient (Wildman–Crippen LogP) is 0.592. The molecule has 1 saturated heterocycles. The molecule has 0 unspecified atom stereocenters. The zero-order chi connectivity index (χ0) is 12.6. The maximum absolute atomic E-state index is 12.0. The molecule has 0 saturated carbocycles. The van der Waals surface area contributed by atoms with E-state index in [0.717, 1.165) is 0 Å². The second kappa shape index (κ2) is 4.05. The third-order valence-corrected chi connectivity index (χ3v) is 2.57. The number of carboxylic acids is 1. The van der Waals surface area contributed by atoms with Gasteiger partial charge in [0.05, 0.1) is 13.2 Å². The van der Waals surface area contributed by atoms with E-state index in [9.17, 15) is 9.59 Å². The van der Waals surface area contributed by atoms with Crippen LogP contribution in [-0.4, -0.2) is 48.7 Å². The van der Waals surface area contributed by atoms with Gasteiger partial charge in [-0.3, -0.25) is 9.59 Å². The average Bonchev–Trinajstić information content (AvgIpc) is 1.97. The molecule has 92 valence electrons. The first-order valence-electron chi connectivity index (χ1n) is 5.26. The standard InChI is InChI=1S/C11H19NO4/c1-10(2,3)5-12(4)8(13)11(9(14)15)6-16-7-11/h5-7H2,1-4H3,(H,14,15). The molecule has 16 heavy (non-hydrogen) atoms. The number of aliphatic carboxylic acids is 1. The monoisotopic (exact) mass is 229 g/mol. The van der Waals surface area contributed by atoms with E-state index in [1.807, 2.05) is 20.8 Å². The first-order valence-corrected chi connectivity index (χ1v) is 5.26. The third-order valence-electron chi connectivity index (χ3n) is 2.57. The van der Waals surface area contributed by atoms with Gasteiger partial charge in [-0.1, -0.05) is 20.8 Å². The van der Waals surface area contributed by atoms with Crippen molar-refractivity contribution in [2.24, 2.45) is 10.8 Å². The fourth-order valence-corrected chi connectivity index (χ4v) is 1.79. The van der Waals surface area contributed by atoms with Crippen molar-refractivity contribution in [2.45, 2.75) is 20.8 Å². The van der Waals surface area contributed by atoms with Gasteiger partial charge in [0, 0.05) is 13.6 Å². The van der Waals surface area contributed by atoms with Gasteiger partial charge in [-0.2, -0.15) is 0 Å². The second-order valence-corrected chi connectivity index (χ2v) is 5.60. The number of carbonyl (C=O) groups is 2. The second-order valence-electron chi connectivity index (χ2n) is 5.60. The Kier molecular flexibility index (Phi) is 3.28. The van der Waals surface area contributed by atoms with E-state index in [1.165, 1.54) is 4.90 Å². The van der Waals surface area contributed by atoms with Crippen molar-refractivity contribution in [1.82, 2.24) is 4.90 Å². The minimum Gasteiger partial charge on any atom is -0.480 e. The predicted molar refractivity (Wildman–Crippen MR) is 58.0 cm³/mol. The molecule has 0 aromatic carbocycles. The summed E-state index contributed by atoms with van der Waals surface area (Å²) in [6.07, 6.45) is 0. The Morgan fingerprint density at radius 3 is 2.12 bits per heavy atom. The van der Waals surface area contributed by atoms with Crippen LogP contribution in [0.2, 0.25) is 0 Å². The fraction of sp³-hybridized carbons (Fsp3) is 0.818.